The van der Waals surface area contributed by atoms with Gasteiger partial charge in [0.15, 0.2) is 0 Å². The molecule has 0 spiro atoms. The highest BCUT2D eigenvalue weighted by Gasteiger charge is 2.28. The van der Waals surface area contributed by atoms with E-state index in [2.05, 4.69) is 53.7 Å². The topological polar surface area (TPSA) is 32.6 Å². The molecule has 102 valence electrons. The van der Waals surface area contributed by atoms with Gasteiger partial charge in [-0.2, -0.15) is 0 Å². The van der Waals surface area contributed by atoms with Crippen molar-refractivity contribution in [3.63, 3.8) is 0 Å². The van der Waals surface area contributed by atoms with Crippen LogP contribution in [0.1, 0.15) is 34.5 Å². The molecule has 0 bridgehead atoms. The van der Waals surface area contributed by atoms with E-state index in [4.69, 9.17) is 0 Å². The first-order valence-electron chi connectivity index (χ1n) is 6.82. The third-order valence-electron chi connectivity index (χ3n) is 3.65. The quantitative estimate of drug-likeness (QED) is 0.632. The van der Waals surface area contributed by atoms with E-state index in [1.807, 2.05) is 23.9 Å². The first-order chi connectivity index (χ1) is 9.86. The predicted molar refractivity (Wildman–Crippen MR) is 84.4 cm³/mol. The highest BCUT2D eigenvalue weighted by molar-refractivity contribution is 7.99. The van der Waals surface area contributed by atoms with E-state index >= 15 is 0 Å². The van der Waals surface area contributed by atoms with Gasteiger partial charge in [-0.3, -0.25) is 0 Å². The number of rotatable bonds is 2. The average Bonchev–Trinajstić information content (AvgIpc) is 2.56. The van der Waals surface area contributed by atoms with Crippen molar-refractivity contribution < 1.29 is 5.21 Å². The molecule has 1 fully saturated rings. The van der Waals surface area contributed by atoms with E-state index in [0.29, 0.717) is 10.5 Å². The summed E-state index contributed by atoms with van der Waals surface area (Å²) in [5.74, 6) is 0. The fourth-order valence-corrected chi connectivity index (χ4v) is 4.22. The van der Waals surface area contributed by atoms with Crippen molar-refractivity contribution in [3.8, 4) is 0 Å². The molecule has 0 aliphatic carbocycles. The highest BCUT2D eigenvalue weighted by Crippen LogP contribution is 2.48. The molecule has 0 radical (unpaired) electrons. The summed E-state index contributed by atoms with van der Waals surface area (Å²) in [4.78, 5) is 0. The van der Waals surface area contributed by atoms with E-state index in [-0.39, 0.29) is 0 Å². The highest BCUT2D eigenvalue weighted by atomic mass is 32.2. The van der Waals surface area contributed by atoms with Gasteiger partial charge >= 0.3 is 0 Å². The summed E-state index contributed by atoms with van der Waals surface area (Å²) in [6.45, 7) is 0. The van der Waals surface area contributed by atoms with Crippen molar-refractivity contribution in [1.82, 2.24) is 0 Å². The summed E-state index contributed by atoms with van der Waals surface area (Å²) in [6, 6.07) is 20.9. The number of hydrogen-bond acceptors (Lipinski definition) is 3. The van der Waals surface area contributed by atoms with Gasteiger partial charge in [0.2, 0.25) is 0 Å². The molecule has 0 aromatic heterocycles. The number of benzene rings is 2. The molecule has 3 rings (SSSR count). The molecule has 0 saturated carbocycles. The lowest BCUT2D eigenvalue weighted by molar-refractivity contribution is 0.315. The maximum absolute atomic E-state index is 9.20. The first-order valence-corrected chi connectivity index (χ1v) is 7.76. The largest absolute Gasteiger partial charge is 0.411 e. The molecule has 2 nitrogen and oxygen atoms in total. The van der Waals surface area contributed by atoms with Crippen molar-refractivity contribution in [1.29, 1.82) is 0 Å². The van der Waals surface area contributed by atoms with Gasteiger partial charge in [-0.25, -0.2) is 0 Å². The fraction of sp³-hybridized carbons (Fsp3) is 0.235. The first kappa shape index (κ1) is 13.3. The summed E-state index contributed by atoms with van der Waals surface area (Å²) in [5, 5.41) is 13.4. The summed E-state index contributed by atoms with van der Waals surface area (Å²) in [7, 11) is 0. The Morgan fingerprint density at radius 2 is 1.25 bits per heavy atom. The van der Waals surface area contributed by atoms with Crippen LogP contribution in [0.5, 0.6) is 0 Å². The molecule has 1 N–H and O–H groups in total. The Morgan fingerprint density at radius 1 is 0.800 bits per heavy atom. The van der Waals surface area contributed by atoms with Crippen LogP contribution in [0.2, 0.25) is 0 Å². The minimum absolute atomic E-state index is 0.362. The lowest BCUT2D eigenvalue weighted by Gasteiger charge is -2.30. The Hall–Kier alpha value is -1.74. The maximum atomic E-state index is 9.20. The summed E-state index contributed by atoms with van der Waals surface area (Å²) in [5.41, 5.74) is 3.50. The van der Waals surface area contributed by atoms with Crippen molar-refractivity contribution in [2.24, 2.45) is 5.16 Å². The number of thioether (sulfide) groups is 1. The van der Waals surface area contributed by atoms with Crippen LogP contribution in [0.15, 0.2) is 65.8 Å². The minimum Gasteiger partial charge on any atom is -0.411 e. The van der Waals surface area contributed by atoms with Crippen molar-refractivity contribution in [3.05, 3.63) is 71.8 Å². The van der Waals surface area contributed by atoms with Crippen LogP contribution in [-0.4, -0.2) is 10.9 Å². The second-order valence-electron chi connectivity index (χ2n) is 5.01. The molecule has 0 amide bonds. The molecule has 2 aromatic rings. The molecule has 1 heterocycles. The Bertz CT molecular complexity index is 533. The van der Waals surface area contributed by atoms with Crippen LogP contribution in [0, 0.1) is 0 Å². The number of hydrogen-bond donors (Lipinski definition) is 1. The van der Waals surface area contributed by atoms with Gasteiger partial charge in [0.05, 0.1) is 5.71 Å². The zero-order valence-corrected chi connectivity index (χ0v) is 12.0. The summed E-state index contributed by atoms with van der Waals surface area (Å²) >= 11 is 1.96. The lowest BCUT2D eigenvalue weighted by Crippen LogP contribution is -2.16. The molecule has 1 saturated heterocycles. The van der Waals surface area contributed by atoms with Gasteiger partial charge in [0.25, 0.3) is 0 Å². The molecule has 1 aliphatic rings. The molecule has 2 aromatic carbocycles. The number of oxime groups is 1. The molecular formula is C17H17NOS. The lowest BCUT2D eigenvalue weighted by atomic mass is 10.00. The van der Waals surface area contributed by atoms with Crippen molar-refractivity contribution in [2.45, 2.75) is 23.3 Å². The van der Waals surface area contributed by atoms with Gasteiger partial charge in [-0.1, -0.05) is 65.8 Å². The van der Waals surface area contributed by atoms with Crippen LogP contribution in [0.25, 0.3) is 0 Å². The maximum Gasteiger partial charge on any atom is 0.0599 e. The zero-order chi connectivity index (χ0) is 13.8. The van der Waals surface area contributed by atoms with Crippen molar-refractivity contribution >= 4 is 17.5 Å². The van der Waals surface area contributed by atoms with Crippen molar-refractivity contribution in [2.75, 3.05) is 0 Å². The average molecular weight is 283 g/mol. The zero-order valence-electron chi connectivity index (χ0n) is 11.1. The second kappa shape index (κ2) is 6.14. The van der Waals surface area contributed by atoms with Crippen LogP contribution in [0.4, 0.5) is 0 Å². The normalized spacial score (nSPS) is 22.5. The Labute approximate surface area is 123 Å². The van der Waals surface area contributed by atoms with Gasteiger partial charge in [-0.05, 0) is 11.1 Å². The van der Waals surface area contributed by atoms with Crippen LogP contribution in [-0.2, 0) is 0 Å². The van der Waals surface area contributed by atoms with E-state index in [1.165, 1.54) is 11.1 Å². The standard InChI is InChI=1S/C17H17NOS/c19-18-15-11-16(13-7-3-1-4-8-13)20-17(12-15)14-9-5-2-6-10-14/h1-10,16-17,19H,11-12H2/t16-,17-/m1/s1. The third-order valence-corrected chi connectivity index (χ3v) is 5.19. The third kappa shape index (κ3) is 2.88. The molecule has 1 aliphatic heterocycles. The van der Waals surface area contributed by atoms with Gasteiger partial charge < -0.3 is 5.21 Å². The molecule has 20 heavy (non-hydrogen) atoms. The SMILES string of the molecule is ON=C1C[C@H](c2ccccc2)S[C@@H](c2ccccc2)C1. The molecule has 3 heteroatoms. The van der Waals surface area contributed by atoms with E-state index in [0.717, 1.165) is 18.6 Å². The Morgan fingerprint density at radius 3 is 1.65 bits per heavy atom. The molecule has 2 atom stereocenters. The van der Waals surface area contributed by atoms with Gasteiger partial charge in [-0.15, -0.1) is 11.8 Å². The monoisotopic (exact) mass is 283 g/mol. The predicted octanol–water partition coefficient (Wildman–Crippen LogP) is 4.83. The fourth-order valence-electron chi connectivity index (χ4n) is 2.62. The van der Waals surface area contributed by atoms with Gasteiger partial charge in [0.1, 0.15) is 0 Å². The molecule has 0 unspecified atom stereocenters. The smallest absolute Gasteiger partial charge is 0.0599 e. The summed E-state index contributed by atoms with van der Waals surface area (Å²) < 4.78 is 0. The number of nitrogens with zero attached hydrogens (tertiary/aromatic N) is 1. The summed E-state index contributed by atoms with van der Waals surface area (Å²) in [6.07, 6.45) is 1.66. The van der Waals surface area contributed by atoms with E-state index in [9.17, 15) is 5.21 Å². The molecular weight excluding hydrogens is 266 g/mol. The van der Waals surface area contributed by atoms with Crippen LogP contribution in [0.3, 0.4) is 0 Å². The van der Waals surface area contributed by atoms with Gasteiger partial charge in [0, 0.05) is 23.3 Å². The second-order valence-corrected chi connectivity index (χ2v) is 6.42. The van der Waals surface area contributed by atoms with E-state index < -0.39 is 0 Å². The van der Waals surface area contributed by atoms with Crippen LogP contribution >= 0.6 is 11.8 Å². The van der Waals surface area contributed by atoms with Crippen LogP contribution < -0.4 is 0 Å². The van der Waals surface area contributed by atoms with E-state index in [1.54, 1.807) is 0 Å². The Kier molecular flexibility index (Phi) is 4.07. The minimum atomic E-state index is 0.362. The Balaban J connectivity index is 1.87.